The third-order valence-electron chi connectivity index (χ3n) is 2.39. The molecule has 0 atom stereocenters. The average molecular weight is 260 g/mol. The summed E-state index contributed by atoms with van der Waals surface area (Å²) < 4.78 is 13.4. The van der Waals surface area contributed by atoms with Gasteiger partial charge in [0.05, 0.1) is 5.56 Å². The molecule has 0 unspecified atom stereocenters. The van der Waals surface area contributed by atoms with Gasteiger partial charge in [0.2, 0.25) is 0 Å². The lowest BCUT2D eigenvalue weighted by atomic mass is 9.99. The van der Waals surface area contributed by atoms with Crippen LogP contribution in [-0.4, -0.2) is 5.11 Å². The highest BCUT2D eigenvalue weighted by molar-refractivity contribution is 5.92. The number of aryl methyl sites for hydroxylation is 1. The van der Waals surface area contributed by atoms with Crippen molar-refractivity contribution in [1.29, 1.82) is 0 Å². The van der Waals surface area contributed by atoms with Gasteiger partial charge in [0.1, 0.15) is 11.6 Å². The minimum atomic E-state index is -0.404. The first kappa shape index (κ1) is 17.0. The molecule has 1 N–H and O–H groups in total. The Bertz CT molecular complexity index is 580. The normalized spacial score (nSPS) is 8.68. The number of benzene rings is 2. The van der Waals surface area contributed by atoms with Crippen LogP contribution in [0.15, 0.2) is 24.3 Å². The van der Waals surface area contributed by atoms with Crippen molar-refractivity contribution in [2.45, 2.75) is 34.6 Å². The molecular formula is C17H21FO. The van der Waals surface area contributed by atoms with Crippen LogP contribution < -0.4 is 0 Å². The van der Waals surface area contributed by atoms with Crippen LogP contribution >= 0.6 is 0 Å². The maximum absolute atomic E-state index is 13.4. The van der Waals surface area contributed by atoms with Gasteiger partial charge in [-0.25, -0.2) is 4.39 Å². The van der Waals surface area contributed by atoms with Gasteiger partial charge in [0, 0.05) is 5.39 Å². The largest absolute Gasteiger partial charge is 0.508 e. The molecule has 0 aromatic heterocycles. The Morgan fingerprint density at radius 2 is 1.68 bits per heavy atom. The van der Waals surface area contributed by atoms with Crippen molar-refractivity contribution in [3.63, 3.8) is 0 Å². The van der Waals surface area contributed by atoms with Crippen LogP contribution in [0.1, 0.15) is 38.8 Å². The summed E-state index contributed by atoms with van der Waals surface area (Å²) in [5, 5.41) is 10.8. The molecule has 0 bridgehead atoms. The Kier molecular flexibility index (Phi) is 7.29. The number of aromatic hydroxyl groups is 1. The quantitative estimate of drug-likeness (QED) is 0.659. The maximum Gasteiger partial charge on any atom is 0.139 e. The van der Waals surface area contributed by atoms with E-state index in [0.717, 1.165) is 10.9 Å². The third kappa shape index (κ3) is 3.72. The Balaban J connectivity index is 0.000000741. The standard InChI is InChI=1S/C13H9FO.2C2H6/c1-3-11-12(14)5-4-9-7-10(15)6-8(2)13(9)11;2*1-2/h1,4-7,15H,2H3;2*1-2H3. The molecule has 0 aliphatic heterocycles. The minimum Gasteiger partial charge on any atom is -0.508 e. The van der Waals surface area contributed by atoms with E-state index in [-0.39, 0.29) is 11.3 Å². The van der Waals surface area contributed by atoms with Gasteiger partial charge in [-0.1, -0.05) is 39.7 Å². The zero-order valence-electron chi connectivity index (χ0n) is 12.2. The summed E-state index contributed by atoms with van der Waals surface area (Å²) in [5.74, 6) is 2.10. The molecule has 2 heteroatoms. The predicted octanol–water partition coefficient (Wildman–Crippen LogP) is 5.03. The summed E-state index contributed by atoms with van der Waals surface area (Å²) in [4.78, 5) is 0. The molecule has 2 rings (SSSR count). The van der Waals surface area contributed by atoms with Crippen LogP contribution in [0, 0.1) is 25.1 Å². The first-order chi connectivity index (χ1) is 9.13. The molecule has 0 fully saturated rings. The molecule has 2 aromatic carbocycles. The van der Waals surface area contributed by atoms with Crippen molar-refractivity contribution in [3.8, 4) is 18.1 Å². The molecule has 1 nitrogen and oxygen atoms in total. The first-order valence-corrected chi connectivity index (χ1v) is 6.52. The highest BCUT2D eigenvalue weighted by Gasteiger charge is 2.08. The van der Waals surface area contributed by atoms with E-state index in [1.165, 1.54) is 6.07 Å². The number of fused-ring (bicyclic) bond motifs is 1. The number of terminal acetylenes is 1. The van der Waals surface area contributed by atoms with Crippen LogP contribution in [0.3, 0.4) is 0 Å². The Hall–Kier alpha value is -2.01. The Morgan fingerprint density at radius 1 is 1.11 bits per heavy atom. The van der Waals surface area contributed by atoms with E-state index >= 15 is 0 Å². The van der Waals surface area contributed by atoms with Crippen LogP contribution in [0.5, 0.6) is 5.75 Å². The average Bonchev–Trinajstić information content (AvgIpc) is 2.43. The molecule has 0 aliphatic rings. The lowest BCUT2D eigenvalue weighted by Crippen LogP contribution is -1.89. The number of phenolic OH excluding ortho intramolecular Hbond substituents is 1. The molecule has 2 aromatic rings. The van der Waals surface area contributed by atoms with Gasteiger partial charge < -0.3 is 5.11 Å². The fourth-order valence-corrected chi connectivity index (χ4v) is 1.77. The molecule has 0 saturated carbocycles. The van der Waals surface area contributed by atoms with Crippen LogP contribution in [0.2, 0.25) is 0 Å². The fourth-order valence-electron chi connectivity index (χ4n) is 1.77. The van der Waals surface area contributed by atoms with Gasteiger partial charge >= 0.3 is 0 Å². The summed E-state index contributed by atoms with van der Waals surface area (Å²) >= 11 is 0. The molecule has 0 amide bonds. The second kappa shape index (κ2) is 8.16. The summed E-state index contributed by atoms with van der Waals surface area (Å²) in [6.07, 6.45) is 5.27. The SMILES string of the molecule is C#Cc1c(F)ccc2cc(O)cc(C)c12.CC.CC. The minimum absolute atomic E-state index is 0.162. The van der Waals surface area contributed by atoms with E-state index in [1.807, 2.05) is 27.7 Å². The molecule has 0 saturated heterocycles. The highest BCUT2D eigenvalue weighted by Crippen LogP contribution is 2.28. The first-order valence-electron chi connectivity index (χ1n) is 6.52. The van der Waals surface area contributed by atoms with Gasteiger partial charge in [-0.15, -0.1) is 6.42 Å². The number of hydrogen-bond donors (Lipinski definition) is 1. The summed E-state index contributed by atoms with van der Waals surface area (Å²) in [5.41, 5.74) is 1.03. The van der Waals surface area contributed by atoms with E-state index in [4.69, 9.17) is 6.42 Å². The molecule has 0 heterocycles. The smallest absolute Gasteiger partial charge is 0.139 e. The Labute approximate surface area is 115 Å². The van der Waals surface area contributed by atoms with Crippen LogP contribution in [0.4, 0.5) is 4.39 Å². The van der Waals surface area contributed by atoms with Crippen molar-refractivity contribution in [1.82, 2.24) is 0 Å². The van der Waals surface area contributed by atoms with Crippen LogP contribution in [-0.2, 0) is 0 Å². The predicted molar refractivity (Wildman–Crippen MR) is 80.9 cm³/mol. The van der Waals surface area contributed by atoms with Gasteiger partial charge in [-0.3, -0.25) is 0 Å². The zero-order valence-corrected chi connectivity index (χ0v) is 12.2. The van der Waals surface area contributed by atoms with Crippen molar-refractivity contribution in [3.05, 3.63) is 41.2 Å². The summed E-state index contributed by atoms with van der Waals surface area (Å²) in [6, 6.07) is 6.07. The van der Waals surface area contributed by atoms with Gasteiger partial charge in [0.15, 0.2) is 0 Å². The lowest BCUT2D eigenvalue weighted by Gasteiger charge is -2.06. The van der Waals surface area contributed by atoms with Gasteiger partial charge in [-0.05, 0) is 36.1 Å². The summed E-state index contributed by atoms with van der Waals surface area (Å²) in [7, 11) is 0. The van der Waals surface area contributed by atoms with E-state index in [9.17, 15) is 9.50 Å². The molecule has 0 radical (unpaired) electrons. The van der Waals surface area contributed by atoms with Gasteiger partial charge in [-0.2, -0.15) is 0 Å². The van der Waals surface area contributed by atoms with E-state index in [0.29, 0.717) is 5.39 Å². The molecule has 102 valence electrons. The second-order valence-electron chi connectivity index (χ2n) is 3.43. The fraction of sp³-hybridized carbons (Fsp3) is 0.294. The number of halogens is 1. The highest BCUT2D eigenvalue weighted by atomic mass is 19.1. The van der Waals surface area contributed by atoms with Gasteiger partial charge in [0.25, 0.3) is 0 Å². The van der Waals surface area contributed by atoms with Crippen molar-refractivity contribution in [2.75, 3.05) is 0 Å². The Morgan fingerprint density at radius 3 is 2.21 bits per heavy atom. The van der Waals surface area contributed by atoms with Crippen molar-refractivity contribution in [2.24, 2.45) is 0 Å². The monoisotopic (exact) mass is 260 g/mol. The second-order valence-corrected chi connectivity index (χ2v) is 3.43. The number of phenols is 1. The van der Waals surface area contributed by atoms with Crippen molar-refractivity contribution < 1.29 is 9.50 Å². The van der Waals surface area contributed by atoms with E-state index < -0.39 is 5.82 Å². The molecular weight excluding hydrogens is 239 g/mol. The molecule has 0 aliphatic carbocycles. The number of hydrogen-bond acceptors (Lipinski definition) is 1. The van der Waals surface area contributed by atoms with E-state index in [2.05, 4.69) is 5.92 Å². The van der Waals surface area contributed by atoms with E-state index in [1.54, 1.807) is 25.1 Å². The maximum atomic E-state index is 13.4. The lowest BCUT2D eigenvalue weighted by molar-refractivity contribution is 0.476. The van der Waals surface area contributed by atoms with Crippen molar-refractivity contribution >= 4 is 10.8 Å². The topological polar surface area (TPSA) is 20.2 Å². The molecule has 19 heavy (non-hydrogen) atoms. The number of rotatable bonds is 0. The van der Waals surface area contributed by atoms with Crippen LogP contribution in [0.25, 0.3) is 10.8 Å². The molecule has 0 spiro atoms. The zero-order chi connectivity index (χ0) is 15.0. The summed E-state index contributed by atoms with van der Waals surface area (Å²) in [6.45, 7) is 9.79. The third-order valence-corrected chi connectivity index (χ3v) is 2.39.